The zero-order valence-corrected chi connectivity index (χ0v) is 23.3. The van der Waals surface area contributed by atoms with Crippen molar-refractivity contribution in [3.05, 3.63) is 78.0 Å². The summed E-state index contributed by atoms with van der Waals surface area (Å²) in [5.41, 5.74) is 2.61. The molecule has 4 aromatic rings. The fourth-order valence-corrected chi connectivity index (χ4v) is 5.57. The summed E-state index contributed by atoms with van der Waals surface area (Å²) in [6.07, 6.45) is 4.38. The smallest absolute Gasteiger partial charge is 0.409 e. The van der Waals surface area contributed by atoms with E-state index in [1.807, 2.05) is 28.8 Å². The molecule has 0 aliphatic carbocycles. The molecule has 2 aromatic carbocycles. The number of imidazole rings is 1. The number of hydrogen-bond donors (Lipinski definition) is 0. The molecule has 40 heavy (non-hydrogen) atoms. The van der Waals surface area contributed by atoms with E-state index >= 15 is 0 Å². The molecule has 5 rings (SSSR count). The van der Waals surface area contributed by atoms with Crippen molar-refractivity contribution in [3.8, 4) is 17.1 Å². The maximum absolute atomic E-state index is 13.8. The highest BCUT2D eigenvalue weighted by Gasteiger charge is 2.36. The summed E-state index contributed by atoms with van der Waals surface area (Å²) >= 11 is 0. The van der Waals surface area contributed by atoms with Gasteiger partial charge in [0, 0.05) is 49.2 Å². The molecule has 3 heterocycles. The lowest BCUT2D eigenvalue weighted by Gasteiger charge is -2.28. The van der Waals surface area contributed by atoms with E-state index in [0.717, 1.165) is 11.9 Å². The quantitative estimate of drug-likeness (QED) is 0.335. The summed E-state index contributed by atoms with van der Waals surface area (Å²) in [5.74, 6) is 0.908. The Labute approximate surface area is 231 Å². The van der Waals surface area contributed by atoms with E-state index in [1.165, 1.54) is 16.7 Å². The van der Waals surface area contributed by atoms with Crippen LogP contribution >= 0.6 is 0 Å². The third-order valence-corrected chi connectivity index (χ3v) is 7.70. The Balaban J connectivity index is 1.47. The second-order valence-electron chi connectivity index (χ2n) is 9.28. The van der Waals surface area contributed by atoms with E-state index in [9.17, 15) is 18.0 Å². The van der Waals surface area contributed by atoms with Gasteiger partial charge in [-0.15, -0.1) is 0 Å². The van der Waals surface area contributed by atoms with Gasteiger partial charge >= 0.3 is 6.09 Å². The van der Waals surface area contributed by atoms with Crippen LogP contribution in [-0.2, 0) is 27.5 Å². The third kappa shape index (κ3) is 4.91. The Hall–Kier alpha value is -4.65. The Morgan fingerprint density at radius 2 is 1.68 bits per heavy atom. The zero-order chi connectivity index (χ0) is 28.6. The lowest BCUT2D eigenvalue weighted by molar-refractivity contribution is 0.0973. The molecule has 0 atom stereocenters. The third-order valence-electron chi connectivity index (χ3n) is 6.67. The summed E-state index contributed by atoms with van der Waals surface area (Å²) in [7, 11) is 0.822. The summed E-state index contributed by atoms with van der Waals surface area (Å²) in [6.45, 7) is 0.537. The van der Waals surface area contributed by atoms with E-state index in [2.05, 4.69) is 10.1 Å². The molecule has 12 nitrogen and oxygen atoms in total. The molecule has 0 N–H and O–H groups in total. The minimum absolute atomic E-state index is 0.0915. The van der Waals surface area contributed by atoms with Crippen molar-refractivity contribution in [2.75, 3.05) is 39.0 Å². The Morgan fingerprint density at radius 1 is 1.02 bits per heavy atom. The Morgan fingerprint density at radius 3 is 2.30 bits per heavy atom. The molecule has 2 amide bonds. The van der Waals surface area contributed by atoms with Gasteiger partial charge in [-0.25, -0.2) is 22.9 Å². The normalized spacial score (nSPS) is 13.2. The summed E-state index contributed by atoms with van der Waals surface area (Å²) in [5, 5.41) is 4.27. The van der Waals surface area contributed by atoms with Crippen LogP contribution in [0.5, 0.6) is 5.75 Å². The first kappa shape index (κ1) is 26.9. The molecular weight excluding hydrogens is 536 g/mol. The maximum atomic E-state index is 13.8. The molecule has 1 aliphatic heterocycles. The van der Waals surface area contributed by atoms with Gasteiger partial charge in [-0.05, 0) is 55.0 Å². The van der Waals surface area contributed by atoms with Crippen LogP contribution in [0.2, 0.25) is 0 Å². The van der Waals surface area contributed by atoms with Gasteiger partial charge in [0.25, 0.3) is 5.91 Å². The lowest BCUT2D eigenvalue weighted by Crippen LogP contribution is -2.39. The van der Waals surface area contributed by atoms with Gasteiger partial charge in [0.05, 0.1) is 26.5 Å². The average Bonchev–Trinajstić information content (AvgIpc) is 3.58. The van der Waals surface area contributed by atoms with Gasteiger partial charge in [0.15, 0.2) is 14.9 Å². The predicted molar refractivity (Wildman–Crippen MR) is 146 cm³/mol. The largest absolute Gasteiger partial charge is 0.497 e. The Bertz CT molecular complexity index is 1680. The van der Waals surface area contributed by atoms with Crippen LogP contribution in [0.25, 0.3) is 11.4 Å². The van der Waals surface area contributed by atoms with E-state index < -0.39 is 15.9 Å². The zero-order valence-electron chi connectivity index (χ0n) is 22.4. The van der Waals surface area contributed by atoms with Crippen LogP contribution in [-0.4, -0.2) is 78.7 Å². The number of rotatable bonds is 7. The first-order chi connectivity index (χ1) is 19.1. The number of hydrogen-bond acceptors (Lipinski definition) is 8. The van der Waals surface area contributed by atoms with E-state index in [0.29, 0.717) is 41.5 Å². The van der Waals surface area contributed by atoms with Crippen molar-refractivity contribution >= 4 is 27.5 Å². The first-order valence-corrected chi connectivity index (χ1v) is 14.2. The molecular formula is C27H28N6O6S. The van der Waals surface area contributed by atoms with Crippen LogP contribution in [0.4, 0.5) is 10.5 Å². The second kappa shape index (κ2) is 10.5. The number of carbonyl (C=O) groups is 2. The van der Waals surface area contributed by atoms with Crippen LogP contribution in [0, 0.1) is 0 Å². The van der Waals surface area contributed by atoms with Gasteiger partial charge in [0.1, 0.15) is 17.3 Å². The van der Waals surface area contributed by atoms with Crippen LogP contribution in [0.3, 0.4) is 0 Å². The predicted octanol–water partition coefficient (Wildman–Crippen LogP) is 2.87. The van der Waals surface area contributed by atoms with Crippen LogP contribution < -0.4 is 9.64 Å². The number of benzene rings is 2. The van der Waals surface area contributed by atoms with Crippen molar-refractivity contribution in [3.63, 3.8) is 0 Å². The molecule has 0 saturated heterocycles. The highest BCUT2D eigenvalue weighted by molar-refractivity contribution is 7.90. The molecule has 0 radical (unpaired) electrons. The van der Waals surface area contributed by atoms with E-state index in [4.69, 9.17) is 9.47 Å². The number of aromatic nitrogens is 4. The minimum atomic E-state index is -3.67. The number of amides is 2. The molecule has 0 fully saturated rings. The highest BCUT2D eigenvalue weighted by Crippen LogP contribution is 2.31. The number of anilines is 1. The minimum Gasteiger partial charge on any atom is -0.497 e. The molecule has 0 spiro atoms. The monoisotopic (exact) mass is 564 g/mol. The summed E-state index contributed by atoms with van der Waals surface area (Å²) in [6, 6.07) is 14.2. The summed E-state index contributed by atoms with van der Waals surface area (Å²) < 4.78 is 38.3. The fourth-order valence-electron chi connectivity index (χ4n) is 4.69. The number of carbonyl (C=O) groups excluding carboxylic acids is 2. The second-order valence-corrected chi connectivity index (χ2v) is 11.2. The first-order valence-electron chi connectivity index (χ1n) is 12.3. The van der Waals surface area contributed by atoms with Crippen LogP contribution in [0.15, 0.2) is 66.0 Å². The van der Waals surface area contributed by atoms with Gasteiger partial charge in [-0.1, -0.05) is 0 Å². The molecule has 13 heteroatoms. The molecule has 1 aliphatic rings. The van der Waals surface area contributed by atoms with E-state index in [-0.39, 0.29) is 23.2 Å². The topological polar surface area (TPSA) is 129 Å². The molecule has 0 saturated carbocycles. The standard InChI is InChI=1S/C27H28N6O6S/c1-30(27(35)39-3)17-23-28-14-16-31(23)18-5-7-19(8-6-18)32-15-13-22-24(26(32)34)33(29-25(22)40(4,36)37)20-9-11-21(38-2)12-10-20/h5-12,14,16H,13,15,17H2,1-4H3. The number of methoxy groups -OCH3 is 2. The number of ether oxygens (including phenoxy) is 2. The number of nitrogens with zero attached hydrogens (tertiary/aromatic N) is 6. The molecule has 0 unspecified atom stereocenters. The highest BCUT2D eigenvalue weighted by atomic mass is 32.2. The van der Waals surface area contributed by atoms with Crippen molar-refractivity contribution in [1.82, 2.24) is 24.2 Å². The number of fused-ring (bicyclic) bond motifs is 1. The lowest BCUT2D eigenvalue weighted by atomic mass is 10.1. The van der Waals surface area contributed by atoms with Crippen molar-refractivity contribution in [1.29, 1.82) is 0 Å². The van der Waals surface area contributed by atoms with Gasteiger partial charge < -0.3 is 23.8 Å². The van der Waals surface area contributed by atoms with Crippen molar-refractivity contribution < 1.29 is 27.5 Å². The van der Waals surface area contributed by atoms with Gasteiger partial charge in [0.2, 0.25) is 0 Å². The molecule has 208 valence electrons. The Kier molecular flexibility index (Phi) is 7.06. The van der Waals surface area contributed by atoms with Gasteiger partial charge in [-0.2, -0.15) is 5.10 Å². The maximum Gasteiger partial charge on any atom is 0.409 e. The molecule has 2 aromatic heterocycles. The van der Waals surface area contributed by atoms with Gasteiger partial charge in [-0.3, -0.25) is 4.79 Å². The van der Waals surface area contributed by atoms with Crippen molar-refractivity contribution in [2.45, 2.75) is 18.0 Å². The average molecular weight is 565 g/mol. The van der Waals surface area contributed by atoms with Crippen molar-refractivity contribution in [2.24, 2.45) is 0 Å². The van der Waals surface area contributed by atoms with Crippen LogP contribution in [0.1, 0.15) is 21.9 Å². The fraction of sp³-hybridized carbons (Fsp3) is 0.259. The number of sulfone groups is 1. The summed E-state index contributed by atoms with van der Waals surface area (Å²) in [4.78, 5) is 33.0. The SMILES string of the molecule is COC(=O)N(C)Cc1nccn1-c1ccc(N2CCc3c(S(C)(=O)=O)nn(-c4ccc(OC)cc4)c3C2=O)cc1. The molecule has 0 bridgehead atoms. The van der Waals surface area contributed by atoms with E-state index in [1.54, 1.807) is 55.7 Å².